The maximum Gasteiger partial charge on any atom is 0.296 e. The van der Waals surface area contributed by atoms with Crippen LogP contribution in [-0.2, 0) is 18.4 Å². The Hall–Kier alpha value is -2.35. The van der Waals surface area contributed by atoms with Crippen LogP contribution in [-0.4, -0.2) is 20.7 Å². The van der Waals surface area contributed by atoms with Crippen LogP contribution in [0.25, 0.3) is 11.0 Å². The van der Waals surface area contributed by atoms with Gasteiger partial charge < -0.3 is 5.32 Å². The number of hydrogen-bond acceptors (Lipinski definition) is 3. The van der Waals surface area contributed by atoms with Crippen LogP contribution in [0.15, 0.2) is 12.3 Å². The molecule has 0 radical (unpaired) electrons. The second kappa shape index (κ2) is 4.88. The highest BCUT2D eigenvalue weighted by Crippen LogP contribution is 2.16. The summed E-state index contributed by atoms with van der Waals surface area (Å²) in [6.07, 6.45) is 1.74. The summed E-state index contributed by atoms with van der Waals surface area (Å²) in [5, 5.41) is 8.02. The molecule has 1 amide bonds. The molecule has 0 atom stereocenters. The minimum Gasteiger partial charge on any atom is -0.341 e. The molecule has 0 fully saturated rings. The first-order valence-electron chi connectivity index (χ1n) is 5.60. The summed E-state index contributed by atoms with van der Waals surface area (Å²) in [5.74, 6) is 4.71. The van der Waals surface area contributed by atoms with Crippen molar-refractivity contribution in [3.63, 3.8) is 0 Å². The molecule has 0 spiro atoms. The smallest absolute Gasteiger partial charge is 0.296 e. The molecule has 0 aliphatic carbocycles. The minimum atomic E-state index is -0.277. The van der Waals surface area contributed by atoms with Crippen molar-refractivity contribution in [1.82, 2.24) is 20.1 Å². The van der Waals surface area contributed by atoms with E-state index in [1.807, 2.05) is 20.0 Å². The van der Waals surface area contributed by atoms with E-state index in [1.54, 1.807) is 17.8 Å². The molecule has 1 N–H and O–H groups in total. The van der Waals surface area contributed by atoms with Gasteiger partial charge >= 0.3 is 0 Å². The average Bonchev–Trinajstić information content (AvgIpc) is 2.63. The Bertz CT molecular complexity index is 661. The standard InChI is InChI=1S/C13H14N4O/c1-4-5-12(18)14-7-10-6-11-9(2)16-17(3)13(11)15-8-10/h6,8H,7H2,1-3H3,(H,14,18). The summed E-state index contributed by atoms with van der Waals surface area (Å²) in [5.41, 5.74) is 2.71. The summed E-state index contributed by atoms with van der Waals surface area (Å²) < 4.78 is 1.75. The first kappa shape index (κ1) is 12.1. The fourth-order valence-corrected chi connectivity index (χ4v) is 1.79. The third kappa shape index (κ3) is 2.33. The number of amides is 1. The number of carbonyl (C=O) groups excluding carboxylic acids is 1. The summed E-state index contributed by atoms with van der Waals surface area (Å²) in [6, 6.07) is 1.99. The molecule has 5 nitrogen and oxygen atoms in total. The number of pyridine rings is 1. The maximum atomic E-state index is 11.2. The van der Waals surface area contributed by atoms with E-state index in [9.17, 15) is 4.79 Å². The Labute approximate surface area is 105 Å². The lowest BCUT2D eigenvalue weighted by atomic mass is 10.2. The molecule has 0 bridgehead atoms. The molecule has 2 aromatic heterocycles. The van der Waals surface area contributed by atoms with Crippen LogP contribution in [0.5, 0.6) is 0 Å². The zero-order chi connectivity index (χ0) is 13.1. The number of aromatic nitrogens is 3. The van der Waals surface area contributed by atoms with Crippen LogP contribution in [0.1, 0.15) is 18.2 Å². The fraction of sp³-hybridized carbons (Fsp3) is 0.308. The summed E-state index contributed by atoms with van der Waals surface area (Å²) in [7, 11) is 1.86. The third-order valence-electron chi connectivity index (χ3n) is 2.61. The van der Waals surface area contributed by atoms with Gasteiger partial charge in [-0.2, -0.15) is 5.10 Å². The summed E-state index contributed by atoms with van der Waals surface area (Å²) in [4.78, 5) is 15.6. The SMILES string of the molecule is CC#CC(=O)NCc1cnc2c(c1)c(C)nn2C. The van der Waals surface area contributed by atoms with Crippen molar-refractivity contribution in [2.45, 2.75) is 20.4 Å². The normalized spacial score (nSPS) is 9.94. The quantitative estimate of drug-likeness (QED) is 0.796. The predicted octanol–water partition coefficient (Wildman–Crippen LogP) is 0.916. The Balaban J connectivity index is 2.22. The molecule has 2 heterocycles. The Kier molecular flexibility index (Phi) is 3.28. The second-order valence-electron chi connectivity index (χ2n) is 3.98. The first-order chi connectivity index (χ1) is 8.61. The van der Waals surface area contributed by atoms with Crippen molar-refractivity contribution >= 4 is 16.9 Å². The molecule has 0 aliphatic heterocycles. The maximum absolute atomic E-state index is 11.2. The highest BCUT2D eigenvalue weighted by atomic mass is 16.1. The van der Waals surface area contributed by atoms with E-state index in [0.29, 0.717) is 6.54 Å². The van der Waals surface area contributed by atoms with E-state index in [1.165, 1.54) is 0 Å². The van der Waals surface area contributed by atoms with Crippen LogP contribution in [0, 0.1) is 18.8 Å². The van der Waals surface area contributed by atoms with Crippen molar-refractivity contribution < 1.29 is 4.79 Å². The van der Waals surface area contributed by atoms with Gasteiger partial charge in [0.25, 0.3) is 5.91 Å². The monoisotopic (exact) mass is 242 g/mol. The van der Waals surface area contributed by atoms with Gasteiger partial charge in [0.05, 0.1) is 5.69 Å². The number of nitrogens with zero attached hydrogens (tertiary/aromatic N) is 3. The molecule has 0 saturated heterocycles. The van der Waals surface area contributed by atoms with E-state index >= 15 is 0 Å². The average molecular weight is 242 g/mol. The molecule has 0 aliphatic rings. The van der Waals surface area contributed by atoms with Gasteiger partial charge in [-0.05, 0) is 31.4 Å². The number of carbonyl (C=O) groups is 1. The number of hydrogen-bond donors (Lipinski definition) is 1. The van der Waals surface area contributed by atoms with Gasteiger partial charge in [0.1, 0.15) is 0 Å². The molecule has 2 aromatic rings. The number of fused-ring (bicyclic) bond motifs is 1. The first-order valence-corrected chi connectivity index (χ1v) is 5.60. The Morgan fingerprint density at radius 3 is 3.06 bits per heavy atom. The lowest BCUT2D eigenvalue weighted by Gasteiger charge is -2.01. The summed E-state index contributed by atoms with van der Waals surface area (Å²) in [6.45, 7) is 3.99. The topological polar surface area (TPSA) is 59.8 Å². The second-order valence-corrected chi connectivity index (χ2v) is 3.98. The van der Waals surface area contributed by atoms with Gasteiger partial charge in [-0.1, -0.05) is 5.92 Å². The fourth-order valence-electron chi connectivity index (χ4n) is 1.79. The molecule has 92 valence electrons. The number of nitrogens with one attached hydrogen (secondary N) is 1. The van der Waals surface area contributed by atoms with Crippen molar-refractivity contribution in [2.24, 2.45) is 7.05 Å². The van der Waals surface area contributed by atoms with Gasteiger partial charge in [-0.15, -0.1) is 0 Å². The molecular formula is C13H14N4O. The van der Waals surface area contributed by atoms with Gasteiger partial charge in [0.2, 0.25) is 0 Å². The van der Waals surface area contributed by atoms with E-state index in [0.717, 1.165) is 22.3 Å². The van der Waals surface area contributed by atoms with Crippen LogP contribution in [0.3, 0.4) is 0 Å². The molecule has 18 heavy (non-hydrogen) atoms. The van der Waals surface area contributed by atoms with Crippen molar-refractivity contribution in [3.05, 3.63) is 23.5 Å². The number of aryl methyl sites for hydroxylation is 2. The Morgan fingerprint density at radius 1 is 1.56 bits per heavy atom. The highest BCUT2D eigenvalue weighted by Gasteiger charge is 2.07. The van der Waals surface area contributed by atoms with Crippen molar-refractivity contribution in [1.29, 1.82) is 0 Å². The lowest BCUT2D eigenvalue weighted by molar-refractivity contribution is -0.115. The van der Waals surface area contributed by atoms with E-state index in [4.69, 9.17) is 0 Å². The minimum absolute atomic E-state index is 0.277. The van der Waals surface area contributed by atoms with Crippen LogP contribution in [0.2, 0.25) is 0 Å². The van der Waals surface area contributed by atoms with E-state index in [2.05, 4.69) is 27.2 Å². The van der Waals surface area contributed by atoms with Crippen molar-refractivity contribution in [3.8, 4) is 11.8 Å². The molecule has 2 rings (SSSR count). The lowest BCUT2D eigenvalue weighted by Crippen LogP contribution is -2.20. The molecule has 0 aromatic carbocycles. The Morgan fingerprint density at radius 2 is 2.33 bits per heavy atom. The molecule has 0 saturated carbocycles. The van der Waals surface area contributed by atoms with Crippen LogP contribution >= 0.6 is 0 Å². The number of rotatable bonds is 2. The van der Waals surface area contributed by atoms with Gasteiger partial charge in [0.15, 0.2) is 5.65 Å². The van der Waals surface area contributed by atoms with Crippen molar-refractivity contribution in [2.75, 3.05) is 0 Å². The summed E-state index contributed by atoms with van der Waals surface area (Å²) >= 11 is 0. The predicted molar refractivity (Wildman–Crippen MR) is 68.5 cm³/mol. The van der Waals surface area contributed by atoms with Crippen LogP contribution in [0.4, 0.5) is 0 Å². The van der Waals surface area contributed by atoms with Crippen LogP contribution < -0.4 is 5.32 Å². The third-order valence-corrected chi connectivity index (χ3v) is 2.61. The molecule has 0 unspecified atom stereocenters. The van der Waals surface area contributed by atoms with Gasteiger partial charge in [0, 0.05) is 25.2 Å². The van der Waals surface area contributed by atoms with Gasteiger partial charge in [-0.3, -0.25) is 9.48 Å². The van der Waals surface area contributed by atoms with Gasteiger partial charge in [-0.25, -0.2) is 4.98 Å². The zero-order valence-electron chi connectivity index (χ0n) is 10.6. The molecular weight excluding hydrogens is 228 g/mol. The van der Waals surface area contributed by atoms with E-state index < -0.39 is 0 Å². The highest BCUT2D eigenvalue weighted by molar-refractivity contribution is 5.93. The zero-order valence-corrected chi connectivity index (χ0v) is 10.6. The van der Waals surface area contributed by atoms with E-state index in [-0.39, 0.29) is 5.91 Å². The largest absolute Gasteiger partial charge is 0.341 e. The molecule has 5 heteroatoms.